The Kier molecular flexibility index (Phi) is 2.82. The Bertz CT molecular complexity index is 506. The lowest BCUT2D eigenvalue weighted by Crippen LogP contribution is -2.30. The molecule has 16 heavy (non-hydrogen) atoms. The number of rotatable bonds is 3. The van der Waals surface area contributed by atoms with E-state index < -0.39 is 6.10 Å². The summed E-state index contributed by atoms with van der Waals surface area (Å²) in [5, 5.41) is 15.7. The number of carbonyl (C=O) groups is 1. The van der Waals surface area contributed by atoms with E-state index in [1.165, 1.54) is 6.20 Å². The average molecular weight is 220 g/mol. The number of fused-ring (bicyclic) bond motifs is 1. The van der Waals surface area contributed by atoms with Crippen LogP contribution in [0, 0.1) is 0 Å². The van der Waals surface area contributed by atoms with Crippen LogP contribution in [0.2, 0.25) is 0 Å². The van der Waals surface area contributed by atoms with Crippen molar-refractivity contribution in [3.63, 3.8) is 0 Å². The molecule has 2 aromatic rings. The first-order valence-electron chi connectivity index (χ1n) is 4.92. The molecule has 0 radical (unpaired) electrons. The van der Waals surface area contributed by atoms with E-state index in [4.69, 9.17) is 5.11 Å². The van der Waals surface area contributed by atoms with Crippen LogP contribution in [0.5, 0.6) is 0 Å². The number of aromatic nitrogens is 3. The lowest BCUT2D eigenvalue weighted by atomic mass is 10.2. The first-order valence-corrected chi connectivity index (χ1v) is 4.92. The van der Waals surface area contributed by atoms with E-state index in [-0.39, 0.29) is 12.5 Å². The summed E-state index contributed by atoms with van der Waals surface area (Å²) in [4.78, 5) is 15.7. The maximum atomic E-state index is 11.7. The van der Waals surface area contributed by atoms with E-state index in [1.54, 1.807) is 30.0 Å². The number of hydrogen-bond donors (Lipinski definition) is 2. The van der Waals surface area contributed by atoms with E-state index in [0.717, 1.165) is 0 Å². The summed E-state index contributed by atoms with van der Waals surface area (Å²) in [6.45, 7) is 1.83. The monoisotopic (exact) mass is 220 g/mol. The molecule has 0 aliphatic rings. The summed E-state index contributed by atoms with van der Waals surface area (Å²) in [6, 6.07) is 0. The third-order valence-corrected chi connectivity index (χ3v) is 2.13. The van der Waals surface area contributed by atoms with Crippen molar-refractivity contribution < 1.29 is 9.90 Å². The minimum absolute atomic E-state index is 0.219. The molecule has 1 amide bonds. The van der Waals surface area contributed by atoms with E-state index >= 15 is 0 Å². The molecule has 0 spiro atoms. The largest absolute Gasteiger partial charge is 0.392 e. The van der Waals surface area contributed by atoms with Crippen molar-refractivity contribution in [3.8, 4) is 0 Å². The first kappa shape index (κ1) is 10.6. The molecule has 0 fully saturated rings. The van der Waals surface area contributed by atoms with Crippen LogP contribution in [0.25, 0.3) is 5.52 Å². The SMILES string of the molecule is C[C@H](O)CNC(=O)c1cnn2ccncc12. The van der Waals surface area contributed by atoms with Crippen LogP contribution < -0.4 is 5.32 Å². The number of nitrogens with zero attached hydrogens (tertiary/aromatic N) is 3. The first-order chi connectivity index (χ1) is 7.68. The topological polar surface area (TPSA) is 79.5 Å². The smallest absolute Gasteiger partial charge is 0.255 e. The molecule has 2 heterocycles. The highest BCUT2D eigenvalue weighted by atomic mass is 16.3. The summed E-state index contributed by atoms with van der Waals surface area (Å²) >= 11 is 0. The van der Waals surface area contributed by atoms with Gasteiger partial charge in [-0.25, -0.2) is 4.52 Å². The maximum Gasteiger partial charge on any atom is 0.255 e. The van der Waals surface area contributed by atoms with Gasteiger partial charge in [0.25, 0.3) is 5.91 Å². The van der Waals surface area contributed by atoms with Gasteiger partial charge in [0.2, 0.25) is 0 Å². The third-order valence-electron chi connectivity index (χ3n) is 2.13. The number of aliphatic hydroxyl groups is 1. The highest BCUT2D eigenvalue weighted by Gasteiger charge is 2.12. The van der Waals surface area contributed by atoms with Gasteiger partial charge in [0, 0.05) is 18.9 Å². The lowest BCUT2D eigenvalue weighted by Gasteiger charge is -2.05. The molecule has 1 atom stereocenters. The van der Waals surface area contributed by atoms with E-state index in [2.05, 4.69) is 15.4 Å². The second-order valence-corrected chi connectivity index (χ2v) is 3.52. The summed E-state index contributed by atoms with van der Waals surface area (Å²) in [5.41, 5.74) is 1.10. The minimum atomic E-state index is -0.566. The van der Waals surface area contributed by atoms with Gasteiger partial charge in [-0.15, -0.1) is 0 Å². The Morgan fingerprint density at radius 1 is 1.62 bits per heavy atom. The zero-order chi connectivity index (χ0) is 11.5. The standard InChI is InChI=1S/C10H12N4O2/c1-7(15)4-12-10(16)8-5-13-14-3-2-11-6-9(8)14/h2-3,5-7,15H,4H2,1H3,(H,12,16)/t7-/m0/s1. The van der Waals surface area contributed by atoms with Crippen LogP contribution in [-0.4, -0.2) is 38.3 Å². The summed E-state index contributed by atoms with van der Waals surface area (Å²) in [5.74, 6) is -0.260. The highest BCUT2D eigenvalue weighted by molar-refractivity contribution is 6.00. The number of nitrogens with one attached hydrogen (secondary N) is 1. The average Bonchev–Trinajstić information content (AvgIpc) is 2.69. The molecule has 0 aliphatic heterocycles. The zero-order valence-corrected chi connectivity index (χ0v) is 8.79. The Morgan fingerprint density at radius 2 is 2.44 bits per heavy atom. The predicted octanol–water partition coefficient (Wildman–Crippen LogP) is -0.160. The zero-order valence-electron chi connectivity index (χ0n) is 8.79. The molecular weight excluding hydrogens is 208 g/mol. The molecule has 2 rings (SSSR count). The molecule has 0 aliphatic carbocycles. The van der Waals surface area contributed by atoms with E-state index in [0.29, 0.717) is 11.1 Å². The molecule has 2 N–H and O–H groups in total. The number of amides is 1. The van der Waals surface area contributed by atoms with Crippen LogP contribution >= 0.6 is 0 Å². The van der Waals surface area contributed by atoms with E-state index in [1.807, 2.05) is 0 Å². The third kappa shape index (κ3) is 2.01. The van der Waals surface area contributed by atoms with Gasteiger partial charge >= 0.3 is 0 Å². The second kappa shape index (κ2) is 4.28. The van der Waals surface area contributed by atoms with Crippen LogP contribution in [-0.2, 0) is 0 Å². The van der Waals surface area contributed by atoms with Crippen molar-refractivity contribution in [2.45, 2.75) is 13.0 Å². The van der Waals surface area contributed by atoms with Gasteiger partial charge < -0.3 is 10.4 Å². The fourth-order valence-electron chi connectivity index (χ4n) is 1.35. The Labute approximate surface area is 91.9 Å². The molecule has 0 unspecified atom stereocenters. The van der Waals surface area contributed by atoms with E-state index in [9.17, 15) is 4.79 Å². The molecule has 0 bridgehead atoms. The predicted molar refractivity (Wildman–Crippen MR) is 57.0 cm³/mol. The van der Waals surface area contributed by atoms with Crippen molar-refractivity contribution >= 4 is 11.4 Å². The second-order valence-electron chi connectivity index (χ2n) is 3.52. The molecule has 6 nitrogen and oxygen atoms in total. The fourth-order valence-corrected chi connectivity index (χ4v) is 1.35. The van der Waals surface area contributed by atoms with Crippen LogP contribution in [0.15, 0.2) is 24.8 Å². The summed E-state index contributed by atoms with van der Waals surface area (Å²) in [7, 11) is 0. The molecule has 6 heteroatoms. The Hall–Kier alpha value is -1.95. The normalized spacial score (nSPS) is 12.6. The Morgan fingerprint density at radius 3 is 3.19 bits per heavy atom. The van der Waals surface area contributed by atoms with Gasteiger partial charge in [-0.3, -0.25) is 9.78 Å². The maximum absolute atomic E-state index is 11.7. The Balaban J connectivity index is 2.23. The van der Waals surface area contributed by atoms with Crippen molar-refractivity contribution in [2.75, 3.05) is 6.54 Å². The van der Waals surface area contributed by atoms with Crippen molar-refractivity contribution in [3.05, 3.63) is 30.4 Å². The molecule has 84 valence electrons. The number of aliphatic hydroxyl groups excluding tert-OH is 1. The molecular formula is C10H12N4O2. The molecule has 2 aromatic heterocycles. The van der Waals surface area contributed by atoms with Gasteiger partial charge in [-0.2, -0.15) is 5.10 Å². The van der Waals surface area contributed by atoms with Crippen LogP contribution in [0.4, 0.5) is 0 Å². The number of carbonyl (C=O) groups excluding carboxylic acids is 1. The highest BCUT2D eigenvalue weighted by Crippen LogP contribution is 2.07. The van der Waals surface area contributed by atoms with Gasteiger partial charge in [-0.05, 0) is 6.92 Å². The fraction of sp³-hybridized carbons (Fsp3) is 0.300. The molecule has 0 saturated carbocycles. The number of hydrogen-bond acceptors (Lipinski definition) is 4. The lowest BCUT2D eigenvalue weighted by molar-refractivity contribution is 0.0925. The molecule has 0 saturated heterocycles. The minimum Gasteiger partial charge on any atom is -0.392 e. The molecule has 0 aromatic carbocycles. The van der Waals surface area contributed by atoms with Crippen molar-refractivity contribution in [1.82, 2.24) is 19.9 Å². The van der Waals surface area contributed by atoms with Crippen LogP contribution in [0.3, 0.4) is 0 Å². The van der Waals surface area contributed by atoms with Crippen molar-refractivity contribution in [1.29, 1.82) is 0 Å². The van der Waals surface area contributed by atoms with Crippen LogP contribution in [0.1, 0.15) is 17.3 Å². The van der Waals surface area contributed by atoms with Gasteiger partial charge in [0.05, 0.1) is 29.6 Å². The van der Waals surface area contributed by atoms with Gasteiger partial charge in [0.1, 0.15) is 0 Å². The van der Waals surface area contributed by atoms with Gasteiger partial charge in [0.15, 0.2) is 0 Å². The van der Waals surface area contributed by atoms with Gasteiger partial charge in [-0.1, -0.05) is 0 Å². The quantitative estimate of drug-likeness (QED) is 0.753. The summed E-state index contributed by atoms with van der Waals surface area (Å²) < 4.78 is 1.57. The summed E-state index contributed by atoms with van der Waals surface area (Å²) in [6.07, 6.45) is 5.75. The van der Waals surface area contributed by atoms with Crippen molar-refractivity contribution in [2.24, 2.45) is 0 Å².